The van der Waals surface area contributed by atoms with Gasteiger partial charge in [-0.2, -0.15) is 4.31 Å². The maximum Gasteiger partial charge on any atom is 0.256 e. The molecule has 0 spiro atoms. The van der Waals surface area contributed by atoms with Gasteiger partial charge in [-0.25, -0.2) is 22.0 Å². The van der Waals surface area contributed by atoms with Crippen LogP contribution >= 0.6 is 0 Å². The number of hydrogen-bond acceptors (Lipinski definition) is 6. The first-order chi connectivity index (χ1) is 15.4. The number of aromatic nitrogens is 1. The molecule has 1 heterocycles. The highest BCUT2D eigenvalue weighted by Gasteiger charge is 2.23. The Morgan fingerprint density at radius 2 is 1.64 bits per heavy atom. The quantitative estimate of drug-likeness (QED) is 0.433. The number of pyridine rings is 1. The van der Waals surface area contributed by atoms with Gasteiger partial charge in [-0.15, -0.1) is 0 Å². The van der Waals surface area contributed by atoms with Gasteiger partial charge in [0.1, 0.15) is 0 Å². The van der Waals surface area contributed by atoms with Crippen molar-refractivity contribution in [2.45, 2.75) is 24.5 Å². The average molecular weight is 493 g/mol. The van der Waals surface area contributed by atoms with E-state index in [1.807, 2.05) is 0 Å². The summed E-state index contributed by atoms with van der Waals surface area (Å²) in [5, 5.41) is 7.94. The number of nitrogens with two attached hydrogens (primary N) is 1. The highest BCUT2D eigenvalue weighted by atomic mass is 32.2. The fourth-order valence-corrected chi connectivity index (χ4v) is 5.55. The molecule has 0 atom stereocenters. The van der Waals surface area contributed by atoms with Gasteiger partial charge in [0.15, 0.2) is 0 Å². The summed E-state index contributed by atoms with van der Waals surface area (Å²) in [7, 11) is -7.46. The molecule has 1 amide bonds. The topological polar surface area (TPSA) is 160 Å². The Bertz CT molecular complexity index is 1460. The smallest absolute Gasteiger partial charge is 0.256 e. The van der Waals surface area contributed by atoms with Gasteiger partial charge in [0.05, 0.1) is 16.2 Å². The third-order valence-corrected chi connectivity index (χ3v) is 7.76. The highest BCUT2D eigenvalue weighted by molar-refractivity contribution is 7.89. The first-order valence-electron chi connectivity index (χ1n) is 10.0. The number of nitrogens with one attached hydrogen (secondary N) is 2. The first kappa shape index (κ1) is 24.6. The second-order valence-corrected chi connectivity index (χ2v) is 10.9. The van der Waals surface area contributed by atoms with Gasteiger partial charge >= 0.3 is 0 Å². The summed E-state index contributed by atoms with van der Waals surface area (Å²) in [4.78, 5) is 27.7. The Morgan fingerprint density at radius 1 is 1.00 bits per heavy atom. The van der Waals surface area contributed by atoms with Crippen molar-refractivity contribution >= 4 is 42.5 Å². The second-order valence-electron chi connectivity index (χ2n) is 7.30. The number of hydrogen-bond donors (Lipinski definition) is 3. The van der Waals surface area contributed by atoms with Gasteiger partial charge in [0.2, 0.25) is 25.6 Å². The molecule has 4 N–H and O–H groups in total. The van der Waals surface area contributed by atoms with E-state index in [0.29, 0.717) is 16.8 Å². The molecule has 0 saturated heterocycles. The lowest BCUT2D eigenvalue weighted by Gasteiger charge is -2.19. The molecule has 0 radical (unpaired) electrons. The van der Waals surface area contributed by atoms with E-state index in [2.05, 4.69) is 10.3 Å². The van der Waals surface area contributed by atoms with E-state index in [1.54, 1.807) is 13.8 Å². The van der Waals surface area contributed by atoms with Crippen LogP contribution in [0, 0.1) is 0 Å². The van der Waals surface area contributed by atoms with Crippen molar-refractivity contribution in [1.29, 1.82) is 0 Å². The lowest BCUT2D eigenvalue weighted by Crippen LogP contribution is -2.30. The van der Waals surface area contributed by atoms with Crippen molar-refractivity contribution < 1.29 is 21.6 Å². The highest BCUT2D eigenvalue weighted by Crippen LogP contribution is 2.23. The number of primary sulfonamides is 1. The zero-order valence-corrected chi connectivity index (χ0v) is 19.7. The Balaban J connectivity index is 1.99. The minimum Gasteiger partial charge on any atom is -0.322 e. The zero-order valence-electron chi connectivity index (χ0n) is 18.0. The molecule has 1 aromatic heterocycles. The molecular weight excluding hydrogens is 468 g/mol. The Morgan fingerprint density at radius 3 is 2.21 bits per heavy atom. The number of anilines is 1. The second kappa shape index (κ2) is 9.43. The molecule has 10 nitrogen and oxygen atoms in total. The number of carbonyl (C=O) groups is 1. The van der Waals surface area contributed by atoms with Gasteiger partial charge in [0, 0.05) is 35.7 Å². The van der Waals surface area contributed by atoms with E-state index < -0.39 is 31.5 Å². The standard InChI is InChI=1S/C21H24N4O6S2/c1-3-25(4-2)33(30,31)16-9-10-19-17(11-16)18(12-20(26)24-19)21(27)23-15-7-5-14(6-8-15)13-32(22,28)29/h5-12H,3-4,13H2,1-2H3,(H,23,27)(H,24,26)(H2,22,28,29). The molecule has 33 heavy (non-hydrogen) atoms. The van der Waals surface area contributed by atoms with Crippen LogP contribution < -0.4 is 16.0 Å². The van der Waals surface area contributed by atoms with Gasteiger partial charge in [-0.05, 0) is 35.9 Å². The first-order valence-corrected chi connectivity index (χ1v) is 13.2. The number of benzene rings is 2. The van der Waals surface area contributed by atoms with Crippen molar-refractivity contribution in [3.63, 3.8) is 0 Å². The van der Waals surface area contributed by atoms with Crippen molar-refractivity contribution in [2.24, 2.45) is 5.14 Å². The minimum atomic E-state index is -3.77. The molecule has 0 aliphatic carbocycles. The summed E-state index contributed by atoms with van der Waals surface area (Å²) >= 11 is 0. The largest absolute Gasteiger partial charge is 0.322 e. The summed E-state index contributed by atoms with van der Waals surface area (Å²) in [5.74, 6) is -0.966. The molecule has 3 rings (SSSR count). The van der Waals surface area contributed by atoms with Crippen LogP contribution in [0.5, 0.6) is 0 Å². The van der Waals surface area contributed by atoms with Gasteiger partial charge in [0.25, 0.3) is 5.91 Å². The van der Waals surface area contributed by atoms with Gasteiger partial charge < -0.3 is 10.3 Å². The van der Waals surface area contributed by atoms with Crippen molar-refractivity contribution in [2.75, 3.05) is 18.4 Å². The fraction of sp³-hybridized carbons (Fsp3) is 0.238. The number of aromatic amines is 1. The van der Waals surface area contributed by atoms with Crippen LogP contribution in [0.2, 0.25) is 0 Å². The van der Waals surface area contributed by atoms with E-state index in [0.717, 1.165) is 6.07 Å². The Kier molecular flexibility index (Phi) is 7.03. The minimum absolute atomic E-state index is 0.000963. The van der Waals surface area contributed by atoms with Crippen LogP contribution in [0.25, 0.3) is 10.9 Å². The summed E-state index contributed by atoms with van der Waals surface area (Å²) < 4.78 is 49.5. The number of nitrogens with zero attached hydrogens (tertiary/aromatic N) is 1. The average Bonchev–Trinajstić information content (AvgIpc) is 2.73. The number of rotatable bonds is 8. The van der Waals surface area contributed by atoms with E-state index in [1.165, 1.54) is 46.8 Å². The van der Waals surface area contributed by atoms with Crippen LogP contribution in [-0.2, 0) is 25.8 Å². The molecule has 0 saturated carbocycles. The summed E-state index contributed by atoms with van der Waals surface area (Å²) in [5.41, 5.74) is 0.603. The lowest BCUT2D eigenvalue weighted by atomic mass is 10.1. The van der Waals surface area contributed by atoms with Crippen molar-refractivity contribution in [3.8, 4) is 0 Å². The van der Waals surface area contributed by atoms with E-state index in [-0.39, 0.29) is 34.7 Å². The predicted octanol–water partition coefficient (Wildman–Crippen LogP) is 1.60. The summed E-state index contributed by atoms with van der Waals surface area (Å²) in [6.07, 6.45) is 0. The molecule has 0 fully saturated rings. The van der Waals surface area contributed by atoms with E-state index >= 15 is 0 Å². The Labute approximate surface area is 191 Å². The lowest BCUT2D eigenvalue weighted by molar-refractivity contribution is 0.102. The SMILES string of the molecule is CCN(CC)S(=O)(=O)c1ccc2[nH]c(=O)cc(C(=O)Nc3ccc(CS(N)(=O)=O)cc3)c2c1. The molecule has 176 valence electrons. The van der Waals surface area contributed by atoms with E-state index in [9.17, 15) is 26.4 Å². The number of fused-ring (bicyclic) bond motifs is 1. The number of H-pyrrole nitrogens is 1. The van der Waals surface area contributed by atoms with E-state index in [4.69, 9.17) is 5.14 Å². The van der Waals surface area contributed by atoms with Crippen LogP contribution in [0.4, 0.5) is 5.69 Å². The van der Waals surface area contributed by atoms with Crippen molar-refractivity contribution in [3.05, 3.63) is 70.0 Å². The monoisotopic (exact) mass is 492 g/mol. The predicted molar refractivity (Wildman–Crippen MR) is 126 cm³/mol. The molecule has 0 aliphatic heterocycles. The summed E-state index contributed by atoms with van der Waals surface area (Å²) in [6, 6.07) is 11.3. The number of carbonyl (C=O) groups excluding carboxylic acids is 1. The van der Waals surface area contributed by atoms with Gasteiger partial charge in [-0.1, -0.05) is 26.0 Å². The number of amides is 1. The fourth-order valence-electron chi connectivity index (χ4n) is 3.41. The van der Waals surface area contributed by atoms with Crippen LogP contribution in [0.3, 0.4) is 0 Å². The molecule has 0 bridgehead atoms. The van der Waals surface area contributed by atoms with Crippen molar-refractivity contribution in [1.82, 2.24) is 9.29 Å². The van der Waals surface area contributed by atoms with Crippen LogP contribution in [0.15, 0.2) is 58.2 Å². The Hall–Kier alpha value is -3.06. The molecule has 12 heteroatoms. The summed E-state index contributed by atoms with van der Waals surface area (Å²) in [6.45, 7) is 4.04. The number of sulfonamides is 2. The maximum absolute atomic E-state index is 13.0. The zero-order chi connectivity index (χ0) is 24.4. The normalized spacial score (nSPS) is 12.2. The third kappa shape index (κ3) is 5.66. The molecular formula is C21H24N4O6S2. The third-order valence-electron chi connectivity index (χ3n) is 4.98. The molecule has 0 unspecified atom stereocenters. The molecule has 3 aromatic rings. The van der Waals surface area contributed by atoms with Crippen LogP contribution in [0.1, 0.15) is 29.8 Å². The van der Waals surface area contributed by atoms with Gasteiger partial charge in [-0.3, -0.25) is 9.59 Å². The molecule has 0 aliphatic rings. The maximum atomic E-state index is 13.0. The van der Waals surface area contributed by atoms with Crippen LogP contribution in [-0.4, -0.2) is 45.1 Å². The molecule has 2 aromatic carbocycles.